The van der Waals surface area contributed by atoms with Crippen molar-refractivity contribution < 1.29 is 43.3 Å². The first-order valence-electron chi connectivity index (χ1n) is 8.57. The van der Waals surface area contributed by atoms with Crippen LogP contribution in [0.5, 0.6) is 0 Å². The molecule has 0 saturated heterocycles. The van der Waals surface area contributed by atoms with Crippen LogP contribution in [-0.4, -0.2) is 62.3 Å². The maximum atomic E-state index is 11.1. The van der Waals surface area contributed by atoms with E-state index in [2.05, 4.69) is 72.9 Å². The number of hydrogen-bond donors (Lipinski definition) is 0. The highest BCUT2D eigenvalue weighted by molar-refractivity contribution is 5.81. The molecule has 0 bridgehead atoms. The van der Waals surface area contributed by atoms with Crippen molar-refractivity contribution >= 4 is 5.97 Å². The van der Waals surface area contributed by atoms with Crippen LogP contribution in [0.15, 0.2) is 36.9 Å². The van der Waals surface area contributed by atoms with Crippen LogP contribution in [0.1, 0.15) is 25.0 Å². The Bertz CT molecular complexity index is 555. The lowest BCUT2D eigenvalue weighted by Crippen LogP contribution is -3.00. The number of hydrogen-bond acceptors (Lipinski definition) is 2. The Labute approximate surface area is 171 Å². The molecule has 150 valence electrons. The Morgan fingerprint density at radius 3 is 1.92 bits per heavy atom. The second kappa shape index (κ2) is 11.6. The highest BCUT2D eigenvalue weighted by atomic mass is 35.5. The molecule has 0 aliphatic rings. The van der Waals surface area contributed by atoms with Gasteiger partial charge < -0.3 is 38.5 Å². The molecule has 0 aliphatic carbocycles. The second-order valence-electron chi connectivity index (χ2n) is 8.04. The SMILES string of the molecule is C=CC(=O)OCC[N+](C)(C)Cc1ccc(C[N+](C)(C)C(C)C)cc1.[Cl-].[Cl-]. The van der Waals surface area contributed by atoms with Gasteiger partial charge in [-0.3, -0.25) is 0 Å². The van der Waals surface area contributed by atoms with Crippen LogP contribution in [0.25, 0.3) is 0 Å². The van der Waals surface area contributed by atoms with Gasteiger partial charge in [-0.2, -0.15) is 0 Å². The summed E-state index contributed by atoms with van der Waals surface area (Å²) in [5, 5.41) is 0. The number of nitrogens with zero attached hydrogens (tertiary/aromatic N) is 2. The quantitative estimate of drug-likeness (QED) is 0.249. The van der Waals surface area contributed by atoms with Crippen LogP contribution in [0.3, 0.4) is 0 Å². The third kappa shape index (κ3) is 9.58. The lowest BCUT2D eigenvalue weighted by Gasteiger charge is -2.34. The summed E-state index contributed by atoms with van der Waals surface area (Å²) >= 11 is 0. The molecule has 0 radical (unpaired) electrons. The van der Waals surface area contributed by atoms with E-state index in [1.807, 2.05) is 0 Å². The molecule has 1 aromatic rings. The minimum Gasteiger partial charge on any atom is -1.00 e. The fourth-order valence-electron chi connectivity index (χ4n) is 2.43. The summed E-state index contributed by atoms with van der Waals surface area (Å²) in [6.45, 7) is 11.1. The van der Waals surface area contributed by atoms with Crippen molar-refractivity contribution in [1.82, 2.24) is 0 Å². The molecule has 0 aliphatic heterocycles. The zero-order chi connectivity index (χ0) is 18.4. The normalized spacial score (nSPS) is 11.3. The zero-order valence-corrected chi connectivity index (χ0v) is 18.5. The van der Waals surface area contributed by atoms with Crippen LogP contribution in [-0.2, 0) is 22.6 Å². The minimum atomic E-state index is -0.356. The molecule has 1 rings (SSSR count). The van der Waals surface area contributed by atoms with Gasteiger partial charge in [0.2, 0.25) is 0 Å². The third-order valence-corrected chi connectivity index (χ3v) is 4.73. The molecule has 4 nitrogen and oxygen atoms in total. The number of rotatable bonds is 9. The third-order valence-electron chi connectivity index (χ3n) is 4.73. The number of carbonyl (C=O) groups is 1. The van der Waals surface area contributed by atoms with Crippen molar-refractivity contribution in [3.8, 4) is 0 Å². The molecule has 0 fully saturated rings. The fourth-order valence-corrected chi connectivity index (χ4v) is 2.43. The average Bonchev–Trinajstić information content (AvgIpc) is 2.48. The van der Waals surface area contributed by atoms with Gasteiger partial charge in [-0.05, 0) is 13.8 Å². The molecule has 0 atom stereocenters. The standard InChI is InChI=1S/C20H34N2O2.2ClH/c1-8-20(23)24-14-13-21(4,5)15-18-9-11-19(12-10-18)16-22(6,7)17(2)3;;/h8-12,17H,1,13-16H2,2-7H3;2*1H/q+2;;/p-2. The topological polar surface area (TPSA) is 26.3 Å². The highest BCUT2D eigenvalue weighted by Gasteiger charge is 2.21. The van der Waals surface area contributed by atoms with Crippen LogP contribution in [0, 0.1) is 0 Å². The first-order chi connectivity index (χ1) is 11.1. The molecule has 0 saturated carbocycles. The lowest BCUT2D eigenvalue weighted by molar-refractivity contribution is -0.924. The van der Waals surface area contributed by atoms with Crippen LogP contribution in [0.4, 0.5) is 0 Å². The highest BCUT2D eigenvalue weighted by Crippen LogP contribution is 2.16. The first-order valence-corrected chi connectivity index (χ1v) is 8.57. The van der Waals surface area contributed by atoms with E-state index >= 15 is 0 Å². The molecule has 0 heterocycles. The number of quaternary nitrogens is 2. The number of ether oxygens (including phenoxy) is 1. The molecule has 6 heteroatoms. The Morgan fingerprint density at radius 1 is 1.04 bits per heavy atom. The molecule has 0 aromatic heterocycles. The smallest absolute Gasteiger partial charge is 0.330 e. The molecular weight excluding hydrogens is 371 g/mol. The minimum absolute atomic E-state index is 0. The van der Waals surface area contributed by atoms with Crippen LogP contribution < -0.4 is 24.8 Å². The summed E-state index contributed by atoms with van der Waals surface area (Å²) in [5.41, 5.74) is 2.66. The van der Waals surface area contributed by atoms with Gasteiger partial charge in [-0.1, -0.05) is 30.8 Å². The summed E-state index contributed by atoms with van der Waals surface area (Å²) in [5.74, 6) is -0.356. The lowest BCUT2D eigenvalue weighted by atomic mass is 10.1. The van der Waals surface area contributed by atoms with Crippen LogP contribution >= 0.6 is 0 Å². The van der Waals surface area contributed by atoms with Gasteiger partial charge in [-0.15, -0.1) is 0 Å². The average molecular weight is 405 g/mol. The molecule has 26 heavy (non-hydrogen) atoms. The number of likely N-dealkylation sites (N-methyl/N-ethyl adjacent to an activating group) is 1. The van der Waals surface area contributed by atoms with Gasteiger partial charge in [0.05, 0.1) is 34.2 Å². The Kier molecular flexibility index (Phi) is 12.1. The summed E-state index contributed by atoms with van der Waals surface area (Å²) < 4.78 is 6.84. The van der Waals surface area contributed by atoms with E-state index in [1.54, 1.807) is 0 Å². The maximum absolute atomic E-state index is 11.1. The van der Waals surface area contributed by atoms with Crippen molar-refractivity contribution in [3.63, 3.8) is 0 Å². The molecule has 0 amide bonds. The van der Waals surface area contributed by atoms with E-state index in [0.29, 0.717) is 12.6 Å². The van der Waals surface area contributed by atoms with Gasteiger partial charge in [0, 0.05) is 17.2 Å². The van der Waals surface area contributed by atoms with Gasteiger partial charge in [-0.25, -0.2) is 4.79 Å². The summed E-state index contributed by atoms with van der Waals surface area (Å²) in [7, 11) is 8.83. The number of carbonyl (C=O) groups excluding carboxylic acids is 1. The van der Waals surface area contributed by atoms with E-state index in [9.17, 15) is 4.79 Å². The van der Waals surface area contributed by atoms with Crippen molar-refractivity contribution in [2.75, 3.05) is 41.3 Å². The summed E-state index contributed by atoms with van der Waals surface area (Å²) in [6.07, 6.45) is 1.20. The summed E-state index contributed by atoms with van der Waals surface area (Å²) in [6, 6.07) is 9.49. The van der Waals surface area contributed by atoms with E-state index in [1.165, 1.54) is 17.2 Å². The number of benzene rings is 1. The monoisotopic (exact) mass is 404 g/mol. The molecule has 1 aromatic carbocycles. The van der Waals surface area contributed by atoms with Gasteiger partial charge in [0.25, 0.3) is 0 Å². The first kappa shape index (κ1) is 27.2. The van der Waals surface area contributed by atoms with E-state index in [-0.39, 0.29) is 30.8 Å². The van der Waals surface area contributed by atoms with Gasteiger partial charge in [0.15, 0.2) is 0 Å². The number of halogens is 2. The Hall–Kier alpha value is -1.07. The fraction of sp³-hybridized carbons (Fsp3) is 0.550. The molecule has 0 unspecified atom stereocenters. The molecule has 0 N–H and O–H groups in total. The summed E-state index contributed by atoms with van der Waals surface area (Å²) in [4.78, 5) is 11.1. The van der Waals surface area contributed by atoms with Crippen molar-refractivity contribution in [2.45, 2.75) is 33.0 Å². The predicted octanol–water partition coefficient (Wildman–Crippen LogP) is -3.01. The molecular formula is C20H34Cl2N2O2. The second-order valence-corrected chi connectivity index (χ2v) is 8.04. The van der Waals surface area contributed by atoms with Crippen molar-refractivity contribution in [2.24, 2.45) is 0 Å². The van der Waals surface area contributed by atoms with Crippen molar-refractivity contribution in [3.05, 3.63) is 48.0 Å². The van der Waals surface area contributed by atoms with Crippen LogP contribution in [0.2, 0.25) is 0 Å². The van der Waals surface area contributed by atoms with E-state index < -0.39 is 0 Å². The molecule has 0 spiro atoms. The Balaban J connectivity index is 0. The largest absolute Gasteiger partial charge is 1.00 e. The zero-order valence-electron chi connectivity index (χ0n) is 17.0. The van der Waals surface area contributed by atoms with Gasteiger partial charge >= 0.3 is 5.97 Å². The predicted molar refractivity (Wildman–Crippen MR) is 99.2 cm³/mol. The number of esters is 1. The van der Waals surface area contributed by atoms with E-state index in [0.717, 1.165) is 28.6 Å². The maximum Gasteiger partial charge on any atom is 0.330 e. The van der Waals surface area contributed by atoms with E-state index in [4.69, 9.17) is 4.74 Å². The van der Waals surface area contributed by atoms with Crippen molar-refractivity contribution in [1.29, 1.82) is 0 Å². The van der Waals surface area contributed by atoms with Gasteiger partial charge in [0.1, 0.15) is 26.2 Å². The Morgan fingerprint density at radius 2 is 1.50 bits per heavy atom.